The van der Waals surface area contributed by atoms with Gasteiger partial charge in [-0.2, -0.15) is 0 Å². The Morgan fingerprint density at radius 1 is 1.62 bits per heavy atom. The molecule has 1 unspecified atom stereocenters. The number of amides is 1. The van der Waals surface area contributed by atoms with Crippen LogP contribution < -0.4 is 11.1 Å². The van der Waals surface area contributed by atoms with Gasteiger partial charge in [-0.05, 0) is 26.0 Å². The first-order chi connectivity index (χ1) is 7.50. The van der Waals surface area contributed by atoms with Crippen molar-refractivity contribution in [3.63, 3.8) is 0 Å². The predicted octanol–water partition coefficient (Wildman–Crippen LogP) is 0.296. The number of carbonyl (C=O) groups excluding carboxylic acids is 1. The molecule has 1 heterocycles. The molecule has 0 aromatic carbocycles. The Bertz CT molecular complexity index is 407. The fourth-order valence-electron chi connectivity index (χ4n) is 1.14. The Morgan fingerprint density at radius 2 is 2.31 bits per heavy atom. The third-order valence-corrected chi connectivity index (χ3v) is 3.02. The second kappa shape index (κ2) is 5.60. The molecule has 0 aliphatic rings. The SMILES string of the molecule is CC(C)NC(=O)CS(=O)c1ncccc1N. The molecule has 3 N–H and O–H groups in total. The predicted molar refractivity (Wildman–Crippen MR) is 63.2 cm³/mol. The van der Waals surface area contributed by atoms with Gasteiger partial charge in [0, 0.05) is 12.2 Å². The quantitative estimate of drug-likeness (QED) is 0.793. The van der Waals surface area contributed by atoms with E-state index in [1.165, 1.54) is 6.20 Å². The van der Waals surface area contributed by atoms with E-state index < -0.39 is 10.8 Å². The third-order valence-electron chi connectivity index (χ3n) is 1.73. The van der Waals surface area contributed by atoms with E-state index >= 15 is 0 Å². The summed E-state index contributed by atoms with van der Waals surface area (Å²) in [6, 6.07) is 3.30. The summed E-state index contributed by atoms with van der Waals surface area (Å²) in [6.45, 7) is 3.69. The van der Waals surface area contributed by atoms with Crippen LogP contribution in [0, 0.1) is 0 Å². The zero-order valence-electron chi connectivity index (χ0n) is 9.27. The smallest absolute Gasteiger partial charge is 0.233 e. The molecule has 0 saturated carbocycles. The molecule has 1 aromatic heterocycles. The van der Waals surface area contributed by atoms with Crippen molar-refractivity contribution in [2.75, 3.05) is 11.5 Å². The zero-order valence-corrected chi connectivity index (χ0v) is 10.1. The van der Waals surface area contributed by atoms with Gasteiger partial charge >= 0.3 is 0 Å². The summed E-state index contributed by atoms with van der Waals surface area (Å²) in [7, 11) is -1.49. The van der Waals surface area contributed by atoms with Crippen molar-refractivity contribution in [2.45, 2.75) is 24.9 Å². The highest BCUT2D eigenvalue weighted by molar-refractivity contribution is 7.85. The topological polar surface area (TPSA) is 85.1 Å². The van der Waals surface area contributed by atoms with Crippen molar-refractivity contribution >= 4 is 22.4 Å². The Hall–Kier alpha value is -1.43. The first-order valence-corrected chi connectivity index (χ1v) is 6.21. The highest BCUT2D eigenvalue weighted by Gasteiger charge is 2.14. The number of nitrogen functional groups attached to an aromatic ring is 1. The van der Waals surface area contributed by atoms with Gasteiger partial charge in [0.15, 0.2) is 5.03 Å². The number of hydrogen-bond donors (Lipinski definition) is 2. The summed E-state index contributed by atoms with van der Waals surface area (Å²) in [5.41, 5.74) is 5.96. The standard InChI is InChI=1S/C10H15N3O2S/c1-7(2)13-9(14)6-16(15)10-8(11)4-3-5-12-10/h3-5,7H,6,11H2,1-2H3,(H,13,14). The van der Waals surface area contributed by atoms with Crippen LogP contribution in [0.5, 0.6) is 0 Å². The van der Waals surface area contributed by atoms with E-state index in [4.69, 9.17) is 5.73 Å². The highest BCUT2D eigenvalue weighted by atomic mass is 32.2. The zero-order chi connectivity index (χ0) is 12.1. The molecular formula is C10H15N3O2S. The molecule has 0 radical (unpaired) electrons. The largest absolute Gasteiger partial charge is 0.396 e. The molecule has 0 aliphatic carbocycles. The van der Waals surface area contributed by atoms with E-state index in [0.717, 1.165) is 0 Å². The monoisotopic (exact) mass is 241 g/mol. The first kappa shape index (κ1) is 12.6. The molecule has 6 heteroatoms. The summed E-state index contributed by atoms with van der Waals surface area (Å²) in [6.07, 6.45) is 1.50. The number of nitrogens with zero attached hydrogens (tertiary/aromatic N) is 1. The number of pyridine rings is 1. The lowest BCUT2D eigenvalue weighted by molar-refractivity contribution is -0.119. The number of anilines is 1. The normalized spacial score (nSPS) is 12.4. The number of aromatic nitrogens is 1. The number of hydrogen-bond acceptors (Lipinski definition) is 4. The molecule has 1 atom stereocenters. The lowest BCUT2D eigenvalue weighted by atomic mass is 10.4. The van der Waals surface area contributed by atoms with Crippen LogP contribution in [0.1, 0.15) is 13.8 Å². The van der Waals surface area contributed by atoms with Crippen LogP contribution in [0.3, 0.4) is 0 Å². The van der Waals surface area contributed by atoms with Gasteiger partial charge in [-0.15, -0.1) is 0 Å². The maximum atomic E-state index is 11.8. The van der Waals surface area contributed by atoms with Crippen molar-refractivity contribution in [3.8, 4) is 0 Å². The van der Waals surface area contributed by atoms with Gasteiger partial charge in [0.1, 0.15) is 5.75 Å². The molecular weight excluding hydrogens is 226 g/mol. The van der Waals surface area contributed by atoms with Crippen molar-refractivity contribution < 1.29 is 9.00 Å². The van der Waals surface area contributed by atoms with E-state index in [0.29, 0.717) is 5.69 Å². The van der Waals surface area contributed by atoms with Crippen molar-refractivity contribution in [3.05, 3.63) is 18.3 Å². The summed E-state index contributed by atoms with van der Waals surface area (Å²) in [5, 5.41) is 2.93. The highest BCUT2D eigenvalue weighted by Crippen LogP contribution is 2.11. The average molecular weight is 241 g/mol. The van der Waals surface area contributed by atoms with Crippen LogP contribution in [0.4, 0.5) is 5.69 Å². The number of rotatable bonds is 4. The fraction of sp³-hybridized carbons (Fsp3) is 0.400. The molecule has 1 rings (SSSR count). The first-order valence-electron chi connectivity index (χ1n) is 4.89. The number of carbonyl (C=O) groups is 1. The van der Waals surface area contributed by atoms with Crippen LogP contribution in [0.2, 0.25) is 0 Å². The van der Waals surface area contributed by atoms with Crippen LogP contribution in [-0.2, 0) is 15.6 Å². The van der Waals surface area contributed by atoms with Gasteiger partial charge in [-0.1, -0.05) is 0 Å². The van der Waals surface area contributed by atoms with Crippen LogP contribution in [0.25, 0.3) is 0 Å². The van der Waals surface area contributed by atoms with Gasteiger partial charge in [0.05, 0.1) is 16.5 Å². The van der Waals surface area contributed by atoms with E-state index in [1.54, 1.807) is 12.1 Å². The Kier molecular flexibility index (Phi) is 4.42. The molecule has 1 amide bonds. The maximum absolute atomic E-state index is 11.8. The Labute approximate surface area is 96.9 Å². The molecule has 0 saturated heterocycles. The second-order valence-corrected chi connectivity index (χ2v) is 4.98. The third kappa shape index (κ3) is 3.62. The summed E-state index contributed by atoms with van der Waals surface area (Å²) in [4.78, 5) is 15.3. The summed E-state index contributed by atoms with van der Waals surface area (Å²) in [5.74, 6) is -0.377. The van der Waals surface area contributed by atoms with Crippen LogP contribution in [-0.4, -0.2) is 26.9 Å². The van der Waals surface area contributed by atoms with Gasteiger partial charge < -0.3 is 11.1 Å². The summed E-state index contributed by atoms with van der Waals surface area (Å²) >= 11 is 0. The molecule has 0 aliphatic heterocycles. The Balaban J connectivity index is 2.66. The number of nitrogens with one attached hydrogen (secondary N) is 1. The molecule has 0 fully saturated rings. The van der Waals surface area contributed by atoms with Gasteiger partial charge in [0.2, 0.25) is 5.91 Å². The van der Waals surface area contributed by atoms with Crippen LogP contribution >= 0.6 is 0 Å². The lowest BCUT2D eigenvalue weighted by Gasteiger charge is -2.08. The van der Waals surface area contributed by atoms with Crippen molar-refractivity contribution in [2.24, 2.45) is 0 Å². The van der Waals surface area contributed by atoms with Crippen molar-refractivity contribution in [1.82, 2.24) is 10.3 Å². The average Bonchev–Trinajstić information content (AvgIpc) is 2.16. The van der Waals surface area contributed by atoms with Gasteiger partial charge in [-0.3, -0.25) is 9.00 Å². The molecule has 88 valence electrons. The van der Waals surface area contributed by atoms with E-state index in [9.17, 15) is 9.00 Å². The van der Waals surface area contributed by atoms with Gasteiger partial charge in [0.25, 0.3) is 0 Å². The van der Waals surface area contributed by atoms with Gasteiger partial charge in [-0.25, -0.2) is 4.98 Å². The second-order valence-electron chi connectivity index (χ2n) is 3.61. The Morgan fingerprint density at radius 3 is 2.88 bits per heavy atom. The molecule has 1 aromatic rings. The molecule has 16 heavy (non-hydrogen) atoms. The molecule has 0 spiro atoms. The van der Waals surface area contributed by atoms with Crippen LogP contribution in [0.15, 0.2) is 23.4 Å². The lowest BCUT2D eigenvalue weighted by Crippen LogP contribution is -2.33. The maximum Gasteiger partial charge on any atom is 0.233 e. The van der Waals surface area contributed by atoms with E-state index in [2.05, 4.69) is 10.3 Å². The number of nitrogens with two attached hydrogens (primary N) is 1. The van der Waals surface area contributed by atoms with E-state index in [-0.39, 0.29) is 22.7 Å². The minimum atomic E-state index is -1.49. The van der Waals surface area contributed by atoms with E-state index in [1.807, 2.05) is 13.8 Å². The minimum Gasteiger partial charge on any atom is -0.396 e. The minimum absolute atomic E-state index is 0.0329. The summed E-state index contributed by atoms with van der Waals surface area (Å²) < 4.78 is 11.8. The molecule has 5 nitrogen and oxygen atoms in total. The molecule has 0 bridgehead atoms. The fourth-order valence-corrected chi connectivity index (χ4v) is 2.11. The van der Waals surface area contributed by atoms with Crippen molar-refractivity contribution in [1.29, 1.82) is 0 Å².